The maximum absolute atomic E-state index is 6.75. The molecule has 1 unspecified atom stereocenters. The van der Waals surface area contributed by atoms with Crippen LogP contribution in [0.4, 0.5) is 0 Å². The Morgan fingerprint density at radius 3 is 2.58 bits per heavy atom. The van der Waals surface area contributed by atoms with Crippen LogP contribution in [0.3, 0.4) is 0 Å². The third kappa shape index (κ3) is 2.59. The van der Waals surface area contributed by atoms with E-state index in [-0.39, 0.29) is 6.04 Å². The molecule has 1 heteroatoms. The fraction of sp³-hybridized carbons (Fsp3) is 0.182. The van der Waals surface area contributed by atoms with Gasteiger partial charge in [-0.15, -0.1) is 0 Å². The summed E-state index contributed by atoms with van der Waals surface area (Å²) in [5, 5.41) is 0. The van der Waals surface area contributed by atoms with E-state index in [9.17, 15) is 0 Å². The summed E-state index contributed by atoms with van der Waals surface area (Å²) < 4.78 is 0. The summed E-state index contributed by atoms with van der Waals surface area (Å²) in [6.45, 7) is 8.63. The largest absolute Gasteiger partial charge is 0.309 e. The Labute approximate surface area is 73.2 Å². The van der Waals surface area contributed by atoms with Crippen LogP contribution in [0.15, 0.2) is 36.4 Å². The summed E-state index contributed by atoms with van der Waals surface area (Å²) in [5.41, 5.74) is 1.15. The molecule has 0 radical (unpaired) electrons. The molecule has 0 aromatic heterocycles. The van der Waals surface area contributed by atoms with Gasteiger partial charge < -0.3 is 4.85 Å². The minimum atomic E-state index is -0.0230. The van der Waals surface area contributed by atoms with Crippen molar-refractivity contribution in [3.05, 3.63) is 53.4 Å². The average Bonchev–Trinajstić information content (AvgIpc) is 2.16. The first-order valence-corrected chi connectivity index (χ1v) is 3.93. The molecule has 1 rings (SSSR count). The molecule has 0 saturated carbocycles. The van der Waals surface area contributed by atoms with Crippen LogP contribution in [0.1, 0.15) is 12.5 Å². The summed E-state index contributed by atoms with van der Waals surface area (Å²) in [6, 6.07) is 9.98. The van der Waals surface area contributed by atoms with Crippen molar-refractivity contribution in [3.8, 4) is 0 Å². The lowest BCUT2D eigenvalue weighted by molar-refractivity contribution is 1.10. The summed E-state index contributed by atoms with van der Waals surface area (Å²) in [5.74, 6) is 0. The van der Waals surface area contributed by atoms with Gasteiger partial charge in [0.25, 0.3) is 0 Å². The molecule has 0 amide bonds. The average molecular weight is 157 g/mol. The van der Waals surface area contributed by atoms with E-state index < -0.39 is 0 Å². The smallest absolute Gasteiger partial charge is 0.239 e. The Morgan fingerprint density at radius 1 is 1.33 bits per heavy atom. The van der Waals surface area contributed by atoms with Crippen molar-refractivity contribution in [2.75, 3.05) is 0 Å². The van der Waals surface area contributed by atoms with Crippen LogP contribution in [0, 0.1) is 6.57 Å². The fourth-order valence-electron chi connectivity index (χ4n) is 0.858. The zero-order chi connectivity index (χ0) is 8.81. The first-order valence-electron chi connectivity index (χ1n) is 3.93. The summed E-state index contributed by atoms with van der Waals surface area (Å²) in [6.07, 6.45) is 3.88. The highest BCUT2D eigenvalue weighted by Crippen LogP contribution is 2.02. The fourth-order valence-corrected chi connectivity index (χ4v) is 0.858. The Hall–Kier alpha value is -1.55. The lowest BCUT2D eigenvalue weighted by Gasteiger charge is -1.90. The van der Waals surface area contributed by atoms with Crippen LogP contribution < -0.4 is 0 Å². The summed E-state index contributed by atoms with van der Waals surface area (Å²) in [7, 11) is 0. The van der Waals surface area contributed by atoms with Crippen molar-refractivity contribution in [1.82, 2.24) is 0 Å². The highest BCUT2D eigenvalue weighted by atomic mass is 14.7. The molecule has 1 aromatic carbocycles. The second-order valence-electron chi connectivity index (χ2n) is 2.64. The number of benzene rings is 1. The van der Waals surface area contributed by atoms with Crippen LogP contribution in [0.2, 0.25) is 0 Å². The molecule has 0 fully saturated rings. The number of nitrogens with zero attached hydrogens (tertiary/aromatic N) is 1. The molecule has 0 aliphatic heterocycles. The monoisotopic (exact) mass is 157 g/mol. The lowest BCUT2D eigenvalue weighted by atomic mass is 10.2. The van der Waals surface area contributed by atoms with Gasteiger partial charge in [-0.05, 0) is 11.6 Å². The molecule has 0 N–H and O–H groups in total. The maximum atomic E-state index is 6.75. The van der Waals surface area contributed by atoms with E-state index in [1.807, 2.05) is 49.4 Å². The topological polar surface area (TPSA) is 4.36 Å². The molecule has 0 heterocycles. The molecule has 1 atom stereocenters. The molecular weight excluding hydrogens is 146 g/mol. The molecule has 0 spiro atoms. The Balaban J connectivity index is 2.65. The first kappa shape index (κ1) is 8.55. The second kappa shape index (κ2) is 4.35. The van der Waals surface area contributed by atoms with Crippen LogP contribution in [-0.2, 0) is 0 Å². The Kier molecular flexibility index (Phi) is 3.10. The normalized spacial score (nSPS) is 12.7. The quantitative estimate of drug-likeness (QED) is 0.581. The zero-order valence-corrected chi connectivity index (χ0v) is 7.07. The Bertz CT molecular complexity index is 293. The van der Waals surface area contributed by atoms with Gasteiger partial charge in [0.15, 0.2) is 0 Å². The van der Waals surface area contributed by atoms with Gasteiger partial charge >= 0.3 is 0 Å². The van der Waals surface area contributed by atoms with Crippen molar-refractivity contribution < 1.29 is 0 Å². The molecule has 0 aliphatic rings. The molecule has 12 heavy (non-hydrogen) atoms. The van der Waals surface area contributed by atoms with E-state index in [0.717, 1.165) is 5.56 Å². The van der Waals surface area contributed by atoms with Gasteiger partial charge in [-0.1, -0.05) is 36.4 Å². The molecular formula is C11H11N. The van der Waals surface area contributed by atoms with E-state index in [4.69, 9.17) is 6.57 Å². The van der Waals surface area contributed by atoms with Gasteiger partial charge in [-0.25, -0.2) is 6.57 Å². The van der Waals surface area contributed by atoms with E-state index >= 15 is 0 Å². The van der Waals surface area contributed by atoms with Gasteiger partial charge in [0.1, 0.15) is 0 Å². The van der Waals surface area contributed by atoms with Gasteiger partial charge in [0.05, 0.1) is 0 Å². The first-order chi connectivity index (χ1) is 5.83. The predicted octanol–water partition coefficient (Wildman–Crippen LogP) is 3.01. The highest BCUT2D eigenvalue weighted by Gasteiger charge is 1.94. The van der Waals surface area contributed by atoms with Crippen LogP contribution in [-0.4, -0.2) is 6.04 Å². The predicted molar refractivity (Wildman–Crippen MR) is 51.5 cm³/mol. The van der Waals surface area contributed by atoms with Crippen LogP contribution in [0.25, 0.3) is 10.9 Å². The molecule has 1 aromatic rings. The minimum absolute atomic E-state index is 0.0230. The third-order valence-electron chi connectivity index (χ3n) is 1.57. The van der Waals surface area contributed by atoms with Gasteiger partial charge in [0, 0.05) is 6.92 Å². The van der Waals surface area contributed by atoms with Crippen molar-refractivity contribution in [2.45, 2.75) is 13.0 Å². The summed E-state index contributed by atoms with van der Waals surface area (Å²) >= 11 is 0. The number of rotatable bonds is 2. The van der Waals surface area contributed by atoms with Gasteiger partial charge in [0.2, 0.25) is 6.04 Å². The number of hydrogen-bond acceptors (Lipinski definition) is 0. The third-order valence-corrected chi connectivity index (χ3v) is 1.57. The van der Waals surface area contributed by atoms with Crippen LogP contribution >= 0.6 is 0 Å². The van der Waals surface area contributed by atoms with Gasteiger partial charge in [-0.3, -0.25) is 0 Å². The molecule has 0 saturated heterocycles. The van der Waals surface area contributed by atoms with E-state index in [2.05, 4.69) is 4.85 Å². The molecule has 1 nitrogen and oxygen atoms in total. The van der Waals surface area contributed by atoms with Crippen molar-refractivity contribution in [1.29, 1.82) is 0 Å². The maximum Gasteiger partial charge on any atom is 0.239 e. The highest BCUT2D eigenvalue weighted by molar-refractivity contribution is 5.49. The standard InChI is InChI=1S/C11H11N/c1-10(12-2)8-9-11-6-4-3-5-7-11/h3-10H,1H3/b9-8+. The van der Waals surface area contributed by atoms with Gasteiger partial charge in [-0.2, -0.15) is 0 Å². The summed E-state index contributed by atoms with van der Waals surface area (Å²) in [4.78, 5) is 3.37. The zero-order valence-electron chi connectivity index (χ0n) is 7.07. The SMILES string of the molecule is [C-]#[N+]C(C)/C=C/c1ccccc1. The molecule has 0 aliphatic carbocycles. The second-order valence-corrected chi connectivity index (χ2v) is 2.64. The van der Waals surface area contributed by atoms with Crippen LogP contribution in [0.5, 0.6) is 0 Å². The molecule has 60 valence electrons. The van der Waals surface area contributed by atoms with Crippen molar-refractivity contribution in [3.63, 3.8) is 0 Å². The minimum Gasteiger partial charge on any atom is -0.309 e. The Morgan fingerprint density at radius 2 is 2.00 bits per heavy atom. The van der Waals surface area contributed by atoms with E-state index in [1.165, 1.54) is 0 Å². The lowest BCUT2D eigenvalue weighted by Crippen LogP contribution is -1.85. The van der Waals surface area contributed by atoms with E-state index in [1.54, 1.807) is 0 Å². The number of hydrogen-bond donors (Lipinski definition) is 0. The van der Waals surface area contributed by atoms with E-state index in [0.29, 0.717) is 0 Å². The van der Waals surface area contributed by atoms with Crippen molar-refractivity contribution >= 4 is 6.08 Å². The molecule has 0 bridgehead atoms. The van der Waals surface area contributed by atoms with Crippen molar-refractivity contribution in [2.24, 2.45) is 0 Å².